The van der Waals surface area contributed by atoms with Crippen molar-refractivity contribution >= 4 is 5.91 Å². The molecule has 1 amide bonds. The van der Waals surface area contributed by atoms with Crippen LogP contribution in [0.15, 0.2) is 0 Å². The first kappa shape index (κ1) is 15.4. The summed E-state index contributed by atoms with van der Waals surface area (Å²) in [5, 5.41) is 3.37. The van der Waals surface area contributed by atoms with Crippen LogP contribution in [0.4, 0.5) is 0 Å². The van der Waals surface area contributed by atoms with Gasteiger partial charge in [-0.1, -0.05) is 20.3 Å². The molecular formula is C14H28N2O2. The number of piperidine rings is 1. The Labute approximate surface area is 111 Å². The highest BCUT2D eigenvalue weighted by atomic mass is 16.5. The molecule has 0 radical (unpaired) electrons. The van der Waals surface area contributed by atoms with Crippen molar-refractivity contribution in [3.8, 4) is 0 Å². The van der Waals surface area contributed by atoms with Crippen LogP contribution >= 0.6 is 0 Å². The van der Waals surface area contributed by atoms with E-state index in [9.17, 15) is 4.79 Å². The molecule has 0 aromatic heterocycles. The van der Waals surface area contributed by atoms with Gasteiger partial charge >= 0.3 is 0 Å². The topological polar surface area (TPSA) is 41.6 Å². The van der Waals surface area contributed by atoms with E-state index in [1.54, 1.807) is 7.11 Å². The minimum atomic E-state index is 0.285. The Hall–Kier alpha value is -0.610. The Morgan fingerprint density at radius 2 is 2.28 bits per heavy atom. The highest BCUT2D eigenvalue weighted by Crippen LogP contribution is 2.21. The summed E-state index contributed by atoms with van der Waals surface area (Å²) >= 11 is 0. The second-order valence-electron chi connectivity index (χ2n) is 5.46. The molecular weight excluding hydrogens is 228 g/mol. The van der Waals surface area contributed by atoms with Gasteiger partial charge in [-0.15, -0.1) is 0 Å². The van der Waals surface area contributed by atoms with Crippen LogP contribution in [0.2, 0.25) is 0 Å². The first-order chi connectivity index (χ1) is 8.62. The van der Waals surface area contributed by atoms with Crippen LogP contribution in [-0.2, 0) is 9.53 Å². The van der Waals surface area contributed by atoms with Gasteiger partial charge < -0.3 is 15.0 Å². The second-order valence-corrected chi connectivity index (χ2v) is 5.46. The van der Waals surface area contributed by atoms with Gasteiger partial charge in [-0.25, -0.2) is 0 Å². The van der Waals surface area contributed by atoms with Gasteiger partial charge in [0.2, 0.25) is 5.91 Å². The lowest BCUT2D eigenvalue weighted by molar-refractivity contribution is -0.134. The van der Waals surface area contributed by atoms with Gasteiger partial charge in [-0.2, -0.15) is 0 Å². The third kappa shape index (κ3) is 4.25. The maximum Gasteiger partial charge on any atom is 0.222 e. The molecule has 1 rings (SSSR count). The van der Waals surface area contributed by atoms with Crippen LogP contribution < -0.4 is 5.32 Å². The molecule has 0 saturated carbocycles. The van der Waals surface area contributed by atoms with Crippen molar-refractivity contribution in [2.24, 2.45) is 11.8 Å². The number of hydrogen-bond donors (Lipinski definition) is 1. The van der Waals surface area contributed by atoms with E-state index in [-0.39, 0.29) is 5.91 Å². The monoisotopic (exact) mass is 256 g/mol. The van der Waals surface area contributed by atoms with Crippen molar-refractivity contribution in [1.29, 1.82) is 0 Å². The van der Waals surface area contributed by atoms with Crippen LogP contribution in [0.3, 0.4) is 0 Å². The van der Waals surface area contributed by atoms with E-state index >= 15 is 0 Å². The van der Waals surface area contributed by atoms with E-state index in [4.69, 9.17) is 4.74 Å². The van der Waals surface area contributed by atoms with Gasteiger partial charge in [-0.05, 0) is 25.3 Å². The van der Waals surface area contributed by atoms with Gasteiger partial charge in [0.15, 0.2) is 0 Å². The Kier molecular flexibility index (Phi) is 6.65. The zero-order valence-electron chi connectivity index (χ0n) is 12.2. The average Bonchev–Trinajstić information content (AvgIpc) is 2.38. The van der Waals surface area contributed by atoms with E-state index in [2.05, 4.69) is 19.2 Å². The minimum absolute atomic E-state index is 0.285. The first-order valence-electron chi connectivity index (χ1n) is 7.06. The zero-order chi connectivity index (χ0) is 13.5. The molecule has 106 valence electrons. The van der Waals surface area contributed by atoms with Crippen LogP contribution in [0.5, 0.6) is 0 Å². The van der Waals surface area contributed by atoms with Gasteiger partial charge in [0.25, 0.3) is 0 Å². The van der Waals surface area contributed by atoms with E-state index in [1.807, 2.05) is 11.9 Å². The fraction of sp³-hybridized carbons (Fsp3) is 0.929. The third-order valence-electron chi connectivity index (χ3n) is 3.96. The number of hydrogen-bond acceptors (Lipinski definition) is 3. The molecule has 4 heteroatoms. The predicted octanol–water partition coefficient (Wildman–Crippen LogP) is 1.51. The standard InChI is InChI=1S/C14H28N2O2/c1-5-12-9-16(7-6-13(12)15-3)14(17)8-11(2)10-18-4/h11-13,15H,5-10H2,1-4H3. The number of amides is 1. The van der Waals surface area contributed by atoms with Gasteiger partial charge in [0.05, 0.1) is 0 Å². The molecule has 1 aliphatic rings. The smallest absolute Gasteiger partial charge is 0.222 e. The van der Waals surface area contributed by atoms with Crippen molar-refractivity contribution < 1.29 is 9.53 Å². The molecule has 1 heterocycles. The quantitative estimate of drug-likeness (QED) is 0.783. The van der Waals surface area contributed by atoms with Crippen LogP contribution in [-0.4, -0.2) is 50.7 Å². The number of carbonyl (C=O) groups is 1. The highest BCUT2D eigenvalue weighted by Gasteiger charge is 2.29. The maximum atomic E-state index is 12.2. The molecule has 1 N–H and O–H groups in total. The summed E-state index contributed by atoms with van der Waals surface area (Å²) in [4.78, 5) is 14.2. The summed E-state index contributed by atoms with van der Waals surface area (Å²) in [5.74, 6) is 1.18. The van der Waals surface area contributed by atoms with Crippen molar-refractivity contribution in [3.63, 3.8) is 0 Å². The fourth-order valence-electron chi connectivity index (χ4n) is 2.82. The summed E-state index contributed by atoms with van der Waals surface area (Å²) in [7, 11) is 3.71. The van der Waals surface area contributed by atoms with Gasteiger partial charge in [0, 0.05) is 39.3 Å². The molecule has 4 nitrogen and oxygen atoms in total. The summed E-state index contributed by atoms with van der Waals surface area (Å²) in [5.41, 5.74) is 0. The van der Waals surface area contributed by atoms with Crippen LogP contribution in [0.1, 0.15) is 33.1 Å². The lowest BCUT2D eigenvalue weighted by atomic mass is 9.89. The lowest BCUT2D eigenvalue weighted by Gasteiger charge is -2.38. The molecule has 18 heavy (non-hydrogen) atoms. The van der Waals surface area contributed by atoms with E-state index in [0.717, 1.165) is 25.9 Å². The number of ether oxygens (including phenoxy) is 1. The number of carbonyl (C=O) groups excluding carboxylic acids is 1. The number of methoxy groups -OCH3 is 1. The Balaban J connectivity index is 2.45. The summed E-state index contributed by atoms with van der Waals surface area (Å²) < 4.78 is 5.09. The van der Waals surface area contributed by atoms with Crippen molar-refractivity contribution in [1.82, 2.24) is 10.2 Å². The Bertz CT molecular complexity index is 258. The molecule has 1 fully saturated rings. The molecule has 1 aliphatic heterocycles. The Morgan fingerprint density at radius 1 is 1.56 bits per heavy atom. The number of nitrogens with one attached hydrogen (secondary N) is 1. The predicted molar refractivity (Wildman–Crippen MR) is 73.5 cm³/mol. The first-order valence-corrected chi connectivity index (χ1v) is 7.06. The molecule has 0 bridgehead atoms. The van der Waals surface area contributed by atoms with Crippen molar-refractivity contribution in [2.45, 2.75) is 39.2 Å². The average molecular weight is 256 g/mol. The van der Waals surface area contributed by atoms with Gasteiger partial charge in [-0.3, -0.25) is 4.79 Å². The number of nitrogens with zero attached hydrogens (tertiary/aromatic N) is 1. The number of likely N-dealkylation sites (tertiary alicyclic amines) is 1. The molecule has 1 saturated heterocycles. The van der Waals surface area contributed by atoms with E-state index < -0.39 is 0 Å². The van der Waals surface area contributed by atoms with Crippen molar-refractivity contribution in [2.75, 3.05) is 33.9 Å². The minimum Gasteiger partial charge on any atom is -0.384 e. The largest absolute Gasteiger partial charge is 0.384 e. The molecule has 3 unspecified atom stereocenters. The second kappa shape index (κ2) is 7.74. The van der Waals surface area contributed by atoms with Crippen LogP contribution in [0, 0.1) is 11.8 Å². The molecule has 0 spiro atoms. The molecule has 0 aliphatic carbocycles. The SMILES string of the molecule is CCC1CN(C(=O)CC(C)COC)CCC1NC. The van der Waals surface area contributed by atoms with Gasteiger partial charge in [0.1, 0.15) is 0 Å². The normalized spacial score (nSPS) is 26.1. The summed E-state index contributed by atoms with van der Waals surface area (Å²) in [6, 6.07) is 0.565. The molecule has 0 aromatic rings. The van der Waals surface area contributed by atoms with Crippen molar-refractivity contribution in [3.05, 3.63) is 0 Å². The molecule has 0 aromatic carbocycles. The summed E-state index contributed by atoms with van der Waals surface area (Å²) in [6.07, 6.45) is 2.80. The summed E-state index contributed by atoms with van der Waals surface area (Å²) in [6.45, 7) is 6.73. The van der Waals surface area contributed by atoms with E-state index in [0.29, 0.717) is 30.9 Å². The third-order valence-corrected chi connectivity index (χ3v) is 3.96. The zero-order valence-corrected chi connectivity index (χ0v) is 12.2. The maximum absolute atomic E-state index is 12.2. The Morgan fingerprint density at radius 3 is 2.83 bits per heavy atom. The molecule has 3 atom stereocenters. The number of rotatable bonds is 6. The van der Waals surface area contributed by atoms with Crippen LogP contribution in [0.25, 0.3) is 0 Å². The highest BCUT2D eigenvalue weighted by molar-refractivity contribution is 5.76. The van der Waals surface area contributed by atoms with E-state index in [1.165, 1.54) is 0 Å². The fourth-order valence-corrected chi connectivity index (χ4v) is 2.82. The lowest BCUT2D eigenvalue weighted by Crippen LogP contribution is -2.50.